The lowest BCUT2D eigenvalue weighted by Gasteiger charge is -2.29. The summed E-state index contributed by atoms with van der Waals surface area (Å²) in [6.45, 7) is 0. The Kier molecular flexibility index (Phi) is 3.26. The topological polar surface area (TPSA) is 12.0 Å². The van der Waals surface area contributed by atoms with Crippen molar-refractivity contribution < 1.29 is 0 Å². The molecule has 0 heterocycles. The lowest BCUT2D eigenvalue weighted by Crippen LogP contribution is -2.23. The third kappa shape index (κ3) is 2.25. The first kappa shape index (κ1) is 9.51. The first-order chi connectivity index (χ1) is 6.40. The fraction of sp³-hybridized carbons (Fsp3) is 1.00. The van der Waals surface area contributed by atoms with Gasteiger partial charge in [-0.05, 0) is 44.6 Å². The van der Waals surface area contributed by atoms with Gasteiger partial charge in [0.2, 0.25) is 0 Å². The Balaban J connectivity index is 1.91. The highest BCUT2D eigenvalue weighted by Crippen LogP contribution is 2.39. The van der Waals surface area contributed by atoms with Crippen LogP contribution in [0.5, 0.6) is 0 Å². The van der Waals surface area contributed by atoms with Gasteiger partial charge in [0.15, 0.2) is 0 Å². The van der Waals surface area contributed by atoms with Gasteiger partial charge in [-0.25, -0.2) is 0 Å². The lowest BCUT2D eigenvalue weighted by atomic mass is 9.77. The molecule has 0 aromatic rings. The van der Waals surface area contributed by atoms with E-state index in [1.54, 1.807) is 0 Å². The fourth-order valence-corrected chi connectivity index (χ4v) is 3.31. The van der Waals surface area contributed by atoms with E-state index in [-0.39, 0.29) is 0 Å². The van der Waals surface area contributed by atoms with Crippen molar-refractivity contribution >= 4 is 0 Å². The molecule has 76 valence electrons. The second-order valence-corrected chi connectivity index (χ2v) is 4.94. The molecule has 1 nitrogen and oxygen atoms in total. The van der Waals surface area contributed by atoms with Crippen molar-refractivity contribution in [3.63, 3.8) is 0 Å². The van der Waals surface area contributed by atoms with E-state index < -0.39 is 0 Å². The summed E-state index contributed by atoms with van der Waals surface area (Å²) in [5, 5.41) is 3.45. The third-order valence-corrected chi connectivity index (χ3v) is 4.25. The van der Waals surface area contributed by atoms with Crippen LogP contribution in [0.15, 0.2) is 0 Å². The largest absolute Gasteiger partial charge is 0.317 e. The molecular formula is C12H23N. The quantitative estimate of drug-likeness (QED) is 0.656. The molecule has 0 spiro atoms. The van der Waals surface area contributed by atoms with Gasteiger partial charge in [-0.15, -0.1) is 0 Å². The van der Waals surface area contributed by atoms with Crippen LogP contribution in [0.2, 0.25) is 0 Å². The SMILES string of the molecule is CNC1CCC2CCCCC2CC1. The molecule has 0 saturated heterocycles. The summed E-state index contributed by atoms with van der Waals surface area (Å²) in [4.78, 5) is 0. The van der Waals surface area contributed by atoms with E-state index in [2.05, 4.69) is 12.4 Å². The molecule has 0 radical (unpaired) electrons. The molecule has 2 unspecified atom stereocenters. The van der Waals surface area contributed by atoms with Crippen molar-refractivity contribution in [1.82, 2.24) is 5.32 Å². The maximum Gasteiger partial charge on any atom is 0.00642 e. The molecular weight excluding hydrogens is 158 g/mol. The van der Waals surface area contributed by atoms with Crippen molar-refractivity contribution in [2.45, 2.75) is 57.4 Å². The van der Waals surface area contributed by atoms with Gasteiger partial charge in [0.25, 0.3) is 0 Å². The van der Waals surface area contributed by atoms with E-state index in [1.165, 1.54) is 51.4 Å². The lowest BCUT2D eigenvalue weighted by molar-refractivity contribution is 0.224. The van der Waals surface area contributed by atoms with Gasteiger partial charge >= 0.3 is 0 Å². The summed E-state index contributed by atoms with van der Waals surface area (Å²) in [6.07, 6.45) is 11.9. The minimum atomic E-state index is 0.825. The van der Waals surface area contributed by atoms with Crippen molar-refractivity contribution in [3.05, 3.63) is 0 Å². The predicted octanol–water partition coefficient (Wildman–Crippen LogP) is 2.95. The number of hydrogen-bond acceptors (Lipinski definition) is 1. The zero-order chi connectivity index (χ0) is 9.10. The van der Waals surface area contributed by atoms with Crippen LogP contribution in [-0.4, -0.2) is 13.1 Å². The molecule has 1 N–H and O–H groups in total. The summed E-state index contributed by atoms with van der Waals surface area (Å²) in [6, 6.07) is 0.825. The van der Waals surface area contributed by atoms with E-state index in [9.17, 15) is 0 Å². The molecule has 2 aliphatic rings. The average molecular weight is 181 g/mol. The number of nitrogens with one attached hydrogen (secondary N) is 1. The van der Waals surface area contributed by atoms with Crippen LogP contribution in [0.25, 0.3) is 0 Å². The van der Waals surface area contributed by atoms with E-state index in [0.29, 0.717) is 0 Å². The Morgan fingerprint density at radius 3 is 1.77 bits per heavy atom. The minimum absolute atomic E-state index is 0.825. The second kappa shape index (κ2) is 4.45. The molecule has 1 heteroatoms. The zero-order valence-corrected chi connectivity index (χ0v) is 8.89. The smallest absolute Gasteiger partial charge is 0.00642 e. The van der Waals surface area contributed by atoms with Crippen LogP contribution < -0.4 is 5.32 Å². The Hall–Kier alpha value is -0.0400. The maximum absolute atomic E-state index is 3.45. The fourth-order valence-electron chi connectivity index (χ4n) is 3.31. The van der Waals surface area contributed by atoms with Crippen molar-refractivity contribution in [2.24, 2.45) is 11.8 Å². The van der Waals surface area contributed by atoms with Crippen LogP contribution >= 0.6 is 0 Å². The second-order valence-electron chi connectivity index (χ2n) is 4.94. The van der Waals surface area contributed by atoms with E-state index in [1.807, 2.05) is 0 Å². The summed E-state index contributed by atoms with van der Waals surface area (Å²) >= 11 is 0. The van der Waals surface area contributed by atoms with Gasteiger partial charge in [0, 0.05) is 6.04 Å². The Labute approximate surface area is 82.3 Å². The van der Waals surface area contributed by atoms with Crippen LogP contribution in [-0.2, 0) is 0 Å². The molecule has 0 amide bonds. The highest BCUT2D eigenvalue weighted by atomic mass is 14.9. The van der Waals surface area contributed by atoms with Gasteiger partial charge < -0.3 is 5.32 Å². The maximum atomic E-state index is 3.45. The molecule has 0 aromatic heterocycles. The number of fused-ring (bicyclic) bond motifs is 1. The van der Waals surface area contributed by atoms with Gasteiger partial charge in [0.1, 0.15) is 0 Å². The van der Waals surface area contributed by atoms with Crippen LogP contribution in [0.1, 0.15) is 51.4 Å². The molecule has 2 fully saturated rings. The van der Waals surface area contributed by atoms with Gasteiger partial charge in [0.05, 0.1) is 0 Å². The van der Waals surface area contributed by atoms with Gasteiger partial charge in [-0.3, -0.25) is 0 Å². The first-order valence-corrected chi connectivity index (χ1v) is 6.07. The molecule has 0 aromatic carbocycles. The summed E-state index contributed by atoms with van der Waals surface area (Å²) < 4.78 is 0. The molecule has 2 saturated carbocycles. The normalized spacial score (nSPS) is 40.8. The van der Waals surface area contributed by atoms with Crippen LogP contribution in [0.3, 0.4) is 0 Å². The summed E-state index contributed by atoms with van der Waals surface area (Å²) in [5.41, 5.74) is 0. The van der Waals surface area contributed by atoms with Crippen LogP contribution in [0, 0.1) is 11.8 Å². The Bertz CT molecular complexity index is 139. The Morgan fingerprint density at radius 2 is 1.31 bits per heavy atom. The van der Waals surface area contributed by atoms with E-state index in [4.69, 9.17) is 0 Å². The molecule has 0 bridgehead atoms. The van der Waals surface area contributed by atoms with Crippen molar-refractivity contribution in [3.8, 4) is 0 Å². The molecule has 13 heavy (non-hydrogen) atoms. The zero-order valence-electron chi connectivity index (χ0n) is 8.89. The molecule has 2 atom stereocenters. The van der Waals surface area contributed by atoms with Crippen molar-refractivity contribution in [1.29, 1.82) is 0 Å². The standard InChI is InChI=1S/C12H23N/c1-13-12-8-6-10-4-2-3-5-11(10)7-9-12/h10-13H,2-9H2,1H3. The van der Waals surface area contributed by atoms with Crippen LogP contribution in [0.4, 0.5) is 0 Å². The predicted molar refractivity (Wildman–Crippen MR) is 56.8 cm³/mol. The molecule has 2 aliphatic carbocycles. The number of hydrogen-bond donors (Lipinski definition) is 1. The molecule has 2 rings (SSSR count). The average Bonchev–Trinajstić information content (AvgIpc) is 2.39. The molecule has 0 aliphatic heterocycles. The Morgan fingerprint density at radius 1 is 0.769 bits per heavy atom. The highest BCUT2D eigenvalue weighted by Gasteiger charge is 2.28. The monoisotopic (exact) mass is 181 g/mol. The van der Waals surface area contributed by atoms with Crippen molar-refractivity contribution in [2.75, 3.05) is 7.05 Å². The first-order valence-electron chi connectivity index (χ1n) is 6.07. The minimum Gasteiger partial charge on any atom is -0.317 e. The third-order valence-electron chi connectivity index (χ3n) is 4.25. The van der Waals surface area contributed by atoms with E-state index in [0.717, 1.165) is 17.9 Å². The van der Waals surface area contributed by atoms with Gasteiger partial charge in [-0.2, -0.15) is 0 Å². The summed E-state index contributed by atoms with van der Waals surface area (Å²) in [7, 11) is 2.12. The highest BCUT2D eigenvalue weighted by molar-refractivity contribution is 4.82. The van der Waals surface area contributed by atoms with E-state index >= 15 is 0 Å². The van der Waals surface area contributed by atoms with Gasteiger partial charge in [-0.1, -0.05) is 25.7 Å². The summed E-state index contributed by atoms with van der Waals surface area (Å²) in [5.74, 6) is 2.18. The number of rotatable bonds is 1.